The average Bonchev–Trinajstić information content (AvgIpc) is 2.03. The van der Waals surface area contributed by atoms with Crippen LogP contribution < -0.4 is 0 Å². The van der Waals surface area contributed by atoms with Crippen molar-refractivity contribution in [3.8, 4) is 5.75 Å². The van der Waals surface area contributed by atoms with Gasteiger partial charge in [0.1, 0.15) is 11.9 Å². The summed E-state index contributed by atoms with van der Waals surface area (Å²) < 4.78 is 0. The molecule has 0 radical (unpaired) electrons. The Morgan fingerprint density at radius 3 is 2.77 bits per heavy atom. The summed E-state index contributed by atoms with van der Waals surface area (Å²) in [5.74, 6) is -0.0140. The Bertz CT molecular complexity index is 313. The third-order valence-corrected chi connectivity index (χ3v) is 1.58. The normalized spacial score (nSPS) is 12.4. The van der Waals surface area contributed by atoms with E-state index in [-0.39, 0.29) is 5.75 Å². The van der Waals surface area contributed by atoms with Crippen LogP contribution in [-0.4, -0.2) is 21.7 Å². The topological polar surface area (TPSA) is 83.6 Å². The van der Waals surface area contributed by atoms with Gasteiger partial charge < -0.3 is 10.2 Å². The second-order valence-electron chi connectivity index (χ2n) is 2.63. The van der Waals surface area contributed by atoms with Gasteiger partial charge in [-0.05, 0) is 17.7 Å². The second-order valence-corrected chi connectivity index (χ2v) is 2.63. The SMILES string of the molecule is O=[N+]([O-])C[C@H](O)c1cccc(O)c1. The molecule has 70 valence electrons. The third kappa shape index (κ3) is 2.72. The first-order valence-electron chi connectivity index (χ1n) is 3.68. The molecular formula is C8H9NO4. The maximum atomic E-state index is 10.1. The van der Waals surface area contributed by atoms with Crippen LogP contribution in [0.25, 0.3) is 0 Å². The van der Waals surface area contributed by atoms with E-state index >= 15 is 0 Å². The molecule has 13 heavy (non-hydrogen) atoms. The van der Waals surface area contributed by atoms with Crippen molar-refractivity contribution in [3.63, 3.8) is 0 Å². The Morgan fingerprint density at radius 1 is 1.54 bits per heavy atom. The van der Waals surface area contributed by atoms with Crippen molar-refractivity contribution < 1.29 is 15.1 Å². The molecule has 0 saturated heterocycles. The van der Waals surface area contributed by atoms with E-state index < -0.39 is 17.6 Å². The minimum atomic E-state index is -1.16. The van der Waals surface area contributed by atoms with Crippen LogP contribution in [0.2, 0.25) is 0 Å². The van der Waals surface area contributed by atoms with Crippen molar-refractivity contribution in [3.05, 3.63) is 39.9 Å². The van der Waals surface area contributed by atoms with Gasteiger partial charge in [-0.1, -0.05) is 12.1 Å². The van der Waals surface area contributed by atoms with Gasteiger partial charge >= 0.3 is 0 Å². The standard InChI is InChI=1S/C8H9NO4/c10-7-3-1-2-6(4-7)8(11)5-9(12)13/h1-4,8,10-11H,5H2/t8-/m0/s1. The first-order valence-corrected chi connectivity index (χ1v) is 3.68. The van der Waals surface area contributed by atoms with Gasteiger partial charge in [0.15, 0.2) is 0 Å². The lowest BCUT2D eigenvalue weighted by atomic mass is 10.1. The number of aliphatic hydroxyl groups is 1. The molecule has 0 saturated carbocycles. The Hall–Kier alpha value is -1.62. The third-order valence-electron chi connectivity index (χ3n) is 1.58. The zero-order valence-corrected chi connectivity index (χ0v) is 6.75. The van der Waals surface area contributed by atoms with Gasteiger partial charge in [-0.2, -0.15) is 0 Å². The van der Waals surface area contributed by atoms with Gasteiger partial charge in [-0.15, -0.1) is 0 Å². The summed E-state index contributed by atoms with van der Waals surface area (Å²) in [4.78, 5) is 9.45. The van der Waals surface area contributed by atoms with Crippen molar-refractivity contribution in [1.82, 2.24) is 0 Å². The van der Waals surface area contributed by atoms with Crippen molar-refractivity contribution in [2.24, 2.45) is 0 Å². The van der Waals surface area contributed by atoms with Gasteiger partial charge in [-0.25, -0.2) is 0 Å². The van der Waals surface area contributed by atoms with E-state index in [1.165, 1.54) is 24.3 Å². The number of rotatable bonds is 3. The summed E-state index contributed by atoms with van der Waals surface area (Å²) in [6.45, 7) is -0.552. The van der Waals surface area contributed by atoms with Crippen LogP contribution in [-0.2, 0) is 0 Å². The summed E-state index contributed by atoms with van der Waals surface area (Å²) in [7, 11) is 0. The van der Waals surface area contributed by atoms with E-state index in [1.807, 2.05) is 0 Å². The Labute approximate surface area is 74.4 Å². The molecule has 1 rings (SSSR count). The molecule has 0 spiro atoms. The number of phenolic OH excluding ortho intramolecular Hbond substituents is 1. The summed E-state index contributed by atoms with van der Waals surface area (Å²) >= 11 is 0. The van der Waals surface area contributed by atoms with Crippen LogP contribution >= 0.6 is 0 Å². The highest BCUT2D eigenvalue weighted by molar-refractivity contribution is 5.28. The fourth-order valence-corrected chi connectivity index (χ4v) is 0.979. The fraction of sp³-hybridized carbons (Fsp3) is 0.250. The van der Waals surface area contributed by atoms with Crippen LogP contribution in [0.5, 0.6) is 5.75 Å². The molecular weight excluding hydrogens is 174 g/mol. The molecule has 0 unspecified atom stereocenters. The first-order chi connectivity index (χ1) is 6.09. The number of nitrogens with zero attached hydrogens (tertiary/aromatic N) is 1. The smallest absolute Gasteiger partial charge is 0.233 e. The number of aliphatic hydroxyl groups excluding tert-OH is 1. The number of hydrogen-bond acceptors (Lipinski definition) is 4. The fourth-order valence-electron chi connectivity index (χ4n) is 0.979. The number of aromatic hydroxyl groups is 1. The maximum Gasteiger partial charge on any atom is 0.233 e. The monoisotopic (exact) mass is 183 g/mol. The average molecular weight is 183 g/mol. The predicted octanol–water partition coefficient (Wildman–Crippen LogP) is 0.702. The molecule has 0 aliphatic heterocycles. The minimum Gasteiger partial charge on any atom is -0.508 e. The molecule has 0 aliphatic rings. The Kier molecular flexibility index (Phi) is 2.81. The minimum absolute atomic E-state index is 0.0140. The van der Waals surface area contributed by atoms with E-state index in [4.69, 9.17) is 5.11 Å². The molecule has 5 heteroatoms. The van der Waals surface area contributed by atoms with Crippen LogP contribution in [0, 0.1) is 10.1 Å². The second kappa shape index (κ2) is 3.86. The van der Waals surface area contributed by atoms with Crippen molar-refractivity contribution in [2.75, 3.05) is 6.54 Å². The molecule has 5 nitrogen and oxygen atoms in total. The van der Waals surface area contributed by atoms with Gasteiger partial charge in [0.05, 0.1) is 0 Å². The van der Waals surface area contributed by atoms with Gasteiger partial charge in [0.25, 0.3) is 0 Å². The Morgan fingerprint density at radius 2 is 2.23 bits per heavy atom. The summed E-state index contributed by atoms with van der Waals surface area (Å²) in [6, 6.07) is 5.78. The van der Waals surface area contributed by atoms with Crippen LogP contribution in [0.15, 0.2) is 24.3 Å². The van der Waals surface area contributed by atoms with Crippen molar-refractivity contribution in [1.29, 1.82) is 0 Å². The zero-order valence-electron chi connectivity index (χ0n) is 6.75. The lowest BCUT2D eigenvalue weighted by Gasteiger charge is -2.05. The first kappa shape index (κ1) is 9.47. The number of benzene rings is 1. The lowest BCUT2D eigenvalue weighted by Crippen LogP contribution is -2.11. The van der Waals surface area contributed by atoms with E-state index in [2.05, 4.69) is 0 Å². The Balaban J connectivity index is 2.76. The number of hydrogen-bond donors (Lipinski definition) is 2. The molecule has 0 aliphatic carbocycles. The van der Waals surface area contributed by atoms with Crippen molar-refractivity contribution >= 4 is 0 Å². The maximum absolute atomic E-state index is 10.1. The summed E-state index contributed by atoms with van der Waals surface area (Å²) in [6.07, 6.45) is -1.16. The molecule has 1 aromatic rings. The van der Waals surface area contributed by atoms with E-state index in [1.54, 1.807) is 0 Å². The molecule has 0 bridgehead atoms. The molecule has 1 atom stereocenters. The molecule has 0 heterocycles. The molecule has 0 aromatic heterocycles. The number of nitro groups is 1. The van der Waals surface area contributed by atoms with Gasteiger partial charge in [-0.3, -0.25) is 10.1 Å². The van der Waals surface area contributed by atoms with Crippen LogP contribution in [0.1, 0.15) is 11.7 Å². The van der Waals surface area contributed by atoms with Gasteiger partial charge in [0, 0.05) is 4.92 Å². The van der Waals surface area contributed by atoms with E-state index in [0.29, 0.717) is 5.56 Å². The highest BCUT2D eigenvalue weighted by Crippen LogP contribution is 2.17. The summed E-state index contributed by atoms with van der Waals surface area (Å²) in [5, 5.41) is 28.3. The largest absolute Gasteiger partial charge is 0.508 e. The predicted molar refractivity (Wildman–Crippen MR) is 44.9 cm³/mol. The highest BCUT2D eigenvalue weighted by Gasteiger charge is 2.13. The molecule has 0 amide bonds. The molecule has 1 aromatic carbocycles. The van der Waals surface area contributed by atoms with Crippen molar-refractivity contribution in [2.45, 2.75) is 6.10 Å². The van der Waals surface area contributed by atoms with Gasteiger partial charge in [0.2, 0.25) is 6.54 Å². The highest BCUT2D eigenvalue weighted by atomic mass is 16.6. The molecule has 0 fully saturated rings. The van der Waals surface area contributed by atoms with Crippen LogP contribution in [0.3, 0.4) is 0 Å². The van der Waals surface area contributed by atoms with E-state index in [9.17, 15) is 15.2 Å². The molecule has 2 N–H and O–H groups in total. The van der Waals surface area contributed by atoms with Crippen LogP contribution in [0.4, 0.5) is 0 Å². The lowest BCUT2D eigenvalue weighted by molar-refractivity contribution is -0.491. The van der Waals surface area contributed by atoms with E-state index in [0.717, 1.165) is 0 Å². The number of phenols is 1. The zero-order chi connectivity index (χ0) is 9.84. The summed E-state index contributed by atoms with van der Waals surface area (Å²) in [5.41, 5.74) is 0.344. The quantitative estimate of drug-likeness (QED) is 0.533.